The van der Waals surface area contributed by atoms with Gasteiger partial charge in [0.05, 0.1) is 6.04 Å². The first kappa shape index (κ1) is 29.3. The molecule has 5 atom stereocenters. The van der Waals surface area contributed by atoms with Crippen molar-refractivity contribution in [1.29, 1.82) is 0 Å². The molecule has 0 aromatic heterocycles. The Morgan fingerprint density at radius 1 is 1.12 bits per heavy atom. The number of benzene rings is 1. The molecule has 10 heteroatoms. The third-order valence-corrected chi connectivity index (χ3v) is 6.58. The molecule has 0 fully saturated rings. The van der Waals surface area contributed by atoms with Gasteiger partial charge in [0.25, 0.3) is 0 Å². The third-order valence-electron chi connectivity index (χ3n) is 5.47. The number of nitrogens with two attached hydrogens (primary N) is 1. The summed E-state index contributed by atoms with van der Waals surface area (Å²) in [6, 6.07) is 6.63. The summed E-state index contributed by atoms with van der Waals surface area (Å²) in [6.45, 7) is 4.36. The highest BCUT2D eigenvalue weighted by atomic mass is 32.2. The van der Waals surface area contributed by atoms with Gasteiger partial charge in [-0.3, -0.25) is 9.59 Å². The van der Waals surface area contributed by atoms with E-state index >= 15 is 0 Å². The lowest BCUT2D eigenvalue weighted by atomic mass is 9.97. The second kappa shape index (κ2) is 16.0. The van der Waals surface area contributed by atoms with E-state index < -0.39 is 30.0 Å². The smallest absolute Gasteiger partial charge is 0.326 e. The Morgan fingerprint density at radius 3 is 2.30 bits per heavy atom. The molecular formula is C23H38N4O4S2. The van der Waals surface area contributed by atoms with Gasteiger partial charge in [0, 0.05) is 24.8 Å². The van der Waals surface area contributed by atoms with Crippen molar-refractivity contribution >= 4 is 42.2 Å². The van der Waals surface area contributed by atoms with Crippen LogP contribution in [-0.2, 0) is 20.8 Å². The molecule has 0 bridgehead atoms. The molecule has 0 saturated heterocycles. The Kier molecular flexibility index (Phi) is 14.2. The summed E-state index contributed by atoms with van der Waals surface area (Å²) in [6.07, 6.45) is 3.18. The maximum absolute atomic E-state index is 13.2. The second-order valence-corrected chi connectivity index (χ2v) is 9.50. The van der Waals surface area contributed by atoms with Gasteiger partial charge in [-0.15, -0.1) is 0 Å². The lowest BCUT2D eigenvalue weighted by Crippen LogP contribution is -2.58. The number of thioether (sulfide) groups is 1. The van der Waals surface area contributed by atoms with Crippen LogP contribution in [0.15, 0.2) is 30.3 Å². The van der Waals surface area contributed by atoms with Gasteiger partial charge >= 0.3 is 5.97 Å². The highest BCUT2D eigenvalue weighted by Crippen LogP contribution is 2.11. The molecule has 0 aliphatic rings. The summed E-state index contributed by atoms with van der Waals surface area (Å²) in [5.74, 6) is -0.849. The Labute approximate surface area is 206 Å². The number of carbonyl (C=O) groups excluding carboxylic acids is 2. The molecule has 1 unspecified atom stereocenters. The van der Waals surface area contributed by atoms with Gasteiger partial charge in [0.15, 0.2) is 0 Å². The number of nitrogens with one attached hydrogen (secondary N) is 3. The molecule has 2 amide bonds. The summed E-state index contributed by atoms with van der Waals surface area (Å²) in [5.41, 5.74) is 6.81. The van der Waals surface area contributed by atoms with Crippen LogP contribution in [0.4, 0.5) is 0 Å². The van der Waals surface area contributed by atoms with Crippen molar-refractivity contribution in [2.75, 3.05) is 24.3 Å². The molecule has 0 saturated carbocycles. The van der Waals surface area contributed by atoms with E-state index in [2.05, 4.69) is 28.6 Å². The number of rotatable bonds is 16. The quantitative estimate of drug-likeness (QED) is 0.189. The van der Waals surface area contributed by atoms with Crippen molar-refractivity contribution in [2.24, 2.45) is 11.7 Å². The maximum Gasteiger partial charge on any atom is 0.326 e. The Hall–Kier alpha value is -1.75. The van der Waals surface area contributed by atoms with Crippen LogP contribution in [0.25, 0.3) is 0 Å². The predicted octanol–water partition coefficient (Wildman–Crippen LogP) is 1.30. The molecule has 1 aromatic rings. The average Bonchev–Trinajstić information content (AvgIpc) is 2.81. The summed E-state index contributed by atoms with van der Waals surface area (Å²) in [7, 11) is 0. The Balaban J connectivity index is 3.04. The fourth-order valence-electron chi connectivity index (χ4n) is 3.22. The largest absolute Gasteiger partial charge is 0.480 e. The van der Waals surface area contributed by atoms with Gasteiger partial charge in [-0.25, -0.2) is 4.79 Å². The Bertz CT molecular complexity index is 738. The Morgan fingerprint density at radius 2 is 1.76 bits per heavy atom. The molecule has 0 aliphatic carbocycles. The van der Waals surface area contributed by atoms with Crippen LogP contribution in [-0.4, -0.2) is 71.4 Å². The molecule has 1 rings (SSSR count). The number of amides is 2. The van der Waals surface area contributed by atoms with E-state index in [1.165, 1.54) is 11.8 Å². The van der Waals surface area contributed by atoms with E-state index in [0.717, 1.165) is 12.0 Å². The van der Waals surface area contributed by atoms with Gasteiger partial charge in [0.1, 0.15) is 12.1 Å². The number of hydrogen-bond donors (Lipinski definition) is 6. The monoisotopic (exact) mass is 498 g/mol. The molecule has 0 aliphatic heterocycles. The van der Waals surface area contributed by atoms with Crippen molar-refractivity contribution in [3.8, 4) is 0 Å². The standard InChI is InChI=1S/C23H38N4O4S2/c1-4-15(2)20(25-13-17(24)14-32)22(29)27-19(12-16-8-6-5-7-9-16)21(28)26-18(23(30)31)10-11-33-3/h5-9,15,17-20,25,32H,4,10-14,24H2,1-3H3,(H,26,28)(H,27,29)(H,30,31)/t15?,17-,18+,19+,20+/m1/s1. The molecular weight excluding hydrogens is 460 g/mol. The van der Waals surface area contributed by atoms with Gasteiger partial charge < -0.3 is 26.8 Å². The van der Waals surface area contributed by atoms with E-state index in [1.807, 2.05) is 50.4 Å². The van der Waals surface area contributed by atoms with E-state index in [1.54, 1.807) is 0 Å². The summed E-state index contributed by atoms with van der Waals surface area (Å²) in [5, 5.41) is 18.2. The number of aliphatic carboxylic acids is 1. The van der Waals surface area contributed by atoms with Crippen LogP contribution in [0.3, 0.4) is 0 Å². The van der Waals surface area contributed by atoms with Gasteiger partial charge in [-0.2, -0.15) is 24.4 Å². The first-order valence-corrected chi connectivity index (χ1v) is 13.2. The summed E-state index contributed by atoms with van der Waals surface area (Å²) < 4.78 is 0. The molecule has 0 radical (unpaired) electrons. The first-order chi connectivity index (χ1) is 15.7. The topological polar surface area (TPSA) is 134 Å². The number of carbonyl (C=O) groups is 3. The third kappa shape index (κ3) is 10.8. The lowest BCUT2D eigenvalue weighted by molar-refractivity contribution is -0.142. The number of carboxylic acid groups (broad SMARTS) is 1. The van der Waals surface area contributed by atoms with Crippen molar-refractivity contribution < 1.29 is 19.5 Å². The predicted molar refractivity (Wildman–Crippen MR) is 138 cm³/mol. The minimum Gasteiger partial charge on any atom is -0.480 e. The van der Waals surface area contributed by atoms with Gasteiger partial charge in [-0.1, -0.05) is 50.6 Å². The maximum atomic E-state index is 13.2. The average molecular weight is 499 g/mol. The molecule has 0 heterocycles. The SMILES string of the molecule is CCC(C)[C@H](NC[C@@H](N)CS)C(=O)N[C@@H](Cc1ccccc1)C(=O)N[C@@H](CCSC)C(=O)O. The number of carboxylic acids is 1. The van der Waals surface area contributed by atoms with Crippen molar-refractivity contribution in [3.05, 3.63) is 35.9 Å². The van der Waals surface area contributed by atoms with Crippen LogP contribution in [0.2, 0.25) is 0 Å². The molecule has 0 spiro atoms. The van der Waals surface area contributed by atoms with Crippen LogP contribution < -0.4 is 21.7 Å². The molecule has 6 N–H and O–H groups in total. The van der Waals surface area contributed by atoms with Crippen LogP contribution in [0.5, 0.6) is 0 Å². The second-order valence-electron chi connectivity index (χ2n) is 8.15. The van der Waals surface area contributed by atoms with Crippen molar-refractivity contribution in [1.82, 2.24) is 16.0 Å². The van der Waals surface area contributed by atoms with Crippen molar-refractivity contribution in [3.63, 3.8) is 0 Å². The summed E-state index contributed by atoms with van der Waals surface area (Å²) in [4.78, 5) is 37.9. The normalized spacial score (nSPS) is 15.7. The zero-order valence-electron chi connectivity index (χ0n) is 19.6. The number of hydrogen-bond acceptors (Lipinski definition) is 7. The minimum atomic E-state index is -1.10. The molecule has 1 aromatic carbocycles. The highest BCUT2D eigenvalue weighted by Gasteiger charge is 2.30. The van der Waals surface area contributed by atoms with E-state index in [4.69, 9.17) is 5.73 Å². The zero-order chi connectivity index (χ0) is 24.8. The molecule has 33 heavy (non-hydrogen) atoms. The van der Waals surface area contributed by atoms with E-state index in [0.29, 0.717) is 24.5 Å². The zero-order valence-corrected chi connectivity index (χ0v) is 21.3. The molecule has 186 valence electrons. The highest BCUT2D eigenvalue weighted by molar-refractivity contribution is 7.98. The van der Waals surface area contributed by atoms with Gasteiger partial charge in [0.2, 0.25) is 11.8 Å². The fraction of sp³-hybridized carbons (Fsp3) is 0.609. The van der Waals surface area contributed by atoms with Gasteiger partial charge in [-0.05, 0) is 29.9 Å². The van der Waals surface area contributed by atoms with Crippen LogP contribution >= 0.6 is 24.4 Å². The number of thiol groups is 1. The summed E-state index contributed by atoms with van der Waals surface area (Å²) >= 11 is 5.69. The van der Waals surface area contributed by atoms with Crippen LogP contribution in [0, 0.1) is 5.92 Å². The van der Waals surface area contributed by atoms with Crippen molar-refractivity contribution in [2.45, 2.75) is 57.3 Å². The van der Waals surface area contributed by atoms with Crippen LogP contribution in [0.1, 0.15) is 32.3 Å². The van der Waals surface area contributed by atoms with E-state index in [9.17, 15) is 19.5 Å². The minimum absolute atomic E-state index is 0.00546. The fourth-order valence-corrected chi connectivity index (χ4v) is 3.82. The first-order valence-electron chi connectivity index (χ1n) is 11.2. The lowest BCUT2D eigenvalue weighted by Gasteiger charge is -2.28. The molecule has 8 nitrogen and oxygen atoms in total. The van der Waals surface area contributed by atoms with E-state index in [-0.39, 0.29) is 24.3 Å².